The number of rotatable bonds is 2. The van der Waals surface area contributed by atoms with Gasteiger partial charge in [-0.1, -0.05) is 41.9 Å². The van der Waals surface area contributed by atoms with Gasteiger partial charge < -0.3 is 5.32 Å². The average Bonchev–Trinajstić information content (AvgIpc) is 2.49. The predicted octanol–water partition coefficient (Wildman–Crippen LogP) is 4.90. The lowest BCUT2D eigenvalue weighted by Crippen LogP contribution is -2.14. The second kappa shape index (κ2) is 5.84. The van der Waals surface area contributed by atoms with E-state index in [1.807, 2.05) is 48.5 Å². The van der Waals surface area contributed by atoms with Crippen LogP contribution in [0.1, 0.15) is 10.5 Å². The number of carbonyl (C=O) groups excluding carboxylic acids is 1. The summed E-state index contributed by atoms with van der Waals surface area (Å²) in [7, 11) is 0. The fourth-order valence-corrected chi connectivity index (χ4v) is 2.65. The molecule has 0 saturated carbocycles. The summed E-state index contributed by atoms with van der Waals surface area (Å²) in [5.74, 6) is -0.297. The highest BCUT2D eigenvalue weighted by molar-refractivity contribution is 9.10. The molecule has 0 radical (unpaired) electrons. The number of pyridine rings is 1. The SMILES string of the molecule is O=C(Nc1ccccc1Br)c1cc(Cl)c2ccccc2n1. The van der Waals surface area contributed by atoms with Crippen LogP contribution in [0.25, 0.3) is 10.9 Å². The lowest BCUT2D eigenvalue weighted by atomic mass is 10.2. The van der Waals surface area contributed by atoms with Gasteiger partial charge in [-0.2, -0.15) is 0 Å². The zero-order valence-corrected chi connectivity index (χ0v) is 13.1. The third-order valence-electron chi connectivity index (χ3n) is 3.02. The maximum atomic E-state index is 12.3. The Hall–Kier alpha value is -1.91. The number of hydrogen-bond acceptors (Lipinski definition) is 2. The number of nitrogens with zero attached hydrogens (tertiary/aromatic N) is 1. The van der Waals surface area contributed by atoms with Crippen molar-refractivity contribution >= 4 is 50.0 Å². The number of aromatic nitrogens is 1. The molecule has 0 fully saturated rings. The van der Waals surface area contributed by atoms with Gasteiger partial charge in [0.2, 0.25) is 0 Å². The molecule has 0 unspecified atom stereocenters. The summed E-state index contributed by atoms with van der Waals surface area (Å²) in [5, 5.41) is 4.15. The second-order valence-electron chi connectivity index (χ2n) is 4.44. The van der Waals surface area contributed by atoms with Crippen LogP contribution in [0, 0.1) is 0 Å². The standard InChI is InChI=1S/C16H10BrClN2O/c17-11-6-2-4-8-14(11)20-16(21)15-9-12(18)10-5-1-3-7-13(10)19-15/h1-9H,(H,20,21). The van der Waals surface area contributed by atoms with Gasteiger partial charge in [0.15, 0.2) is 0 Å². The zero-order chi connectivity index (χ0) is 14.8. The Morgan fingerprint density at radius 2 is 1.81 bits per heavy atom. The van der Waals surface area contributed by atoms with Gasteiger partial charge in [0.25, 0.3) is 5.91 Å². The molecule has 0 saturated heterocycles. The Balaban J connectivity index is 1.97. The van der Waals surface area contributed by atoms with E-state index < -0.39 is 0 Å². The predicted molar refractivity (Wildman–Crippen MR) is 88.8 cm³/mol. The summed E-state index contributed by atoms with van der Waals surface area (Å²) in [6.07, 6.45) is 0. The van der Waals surface area contributed by atoms with E-state index in [1.165, 1.54) is 0 Å². The molecule has 0 aliphatic carbocycles. The molecule has 0 aliphatic heterocycles. The minimum absolute atomic E-state index is 0.287. The number of para-hydroxylation sites is 2. The van der Waals surface area contributed by atoms with Gasteiger partial charge in [0.05, 0.1) is 16.2 Å². The molecule has 104 valence electrons. The van der Waals surface area contributed by atoms with Crippen LogP contribution in [0.5, 0.6) is 0 Å². The molecule has 3 nitrogen and oxygen atoms in total. The van der Waals surface area contributed by atoms with Crippen molar-refractivity contribution in [1.29, 1.82) is 0 Å². The van der Waals surface area contributed by atoms with E-state index in [1.54, 1.807) is 6.07 Å². The van der Waals surface area contributed by atoms with Gasteiger partial charge >= 0.3 is 0 Å². The molecule has 3 aromatic rings. The van der Waals surface area contributed by atoms with Gasteiger partial charge in [0, 0.05) is 9.86 Å². The first-order valence-corrected chi connectivity index (χ1v) is 7.43. The molecule has 1 heterocycles. The molecular weight excluding hydrogens is 352 g/mol. The largest absolute Gasteiger partial charge is 0.320 e. The summed E-state index contributed by atoms with van der Waals surface area (Å²) < 4.78 is 0.810. The highest BCUT2D eigenvalue weighted by Crippen LogP contribution is 2.25. The van der Waals surface area contributed by atoms with E-state index in [0.29, 0.717) is 16.2 Å². The number of fused-ring (bicyclic) bond motifs is 1. The summed E-state index contributed by atoms with van der Waals surface area (Å²) in [5.41, 5.74) is 1.67. The van der Waals surface area contributed by atoms with E-state index in [9.17, 15) is 4.79 Å². The van der Waals surface area contributed by atoms with Crippen LogP contribution in [0.2, 0.25) is 5.02 Å². The van der Waals surface area contributed by atoms with Crippen molar-refractivity contribution in [2.75, 3.05) is 5.32 Å². The maximum absolute atomic E-state index is 12.3. The van der Waals surface area contributed by atoms with Crippen molar-refractivity contribution in [1.82, 2.24) is 4.98 Å². The Morgan fingerprint density at radius 1 is 1.10 bits per heavy atom. The molecule has 2 aromatic carbocycles. The number of anilines is 1. The summed E-state index contributed by atoms with van der Waals surface area (Å²) >= 11 is 9.60. The quantitative estimate of drug-likeness (QED) is 0.705. The first kappa shape index (κ1) is 14.0. The maximum Gasteiger partial charge on any atom is 0.274 e. The average molecular weight is 362 g/mol. The molecule has 1 N–H and O–H groups in total. The first-order valence-electron chi connectivity index (χ1n) is 6.26. The molecule has 1 aromatic heterocycles. The van der Waals surface area contributed by atoms with Crippen LogP contribution >= 0.6 is 27.5 Å². The van der Waals surface area contributed by atoms with Crippen LogP contribution in [0.3, 0.4) is 0 Å². The van der Waals surface area contributed by atoms with Crippen LogP contribution in [-0.4, -0.2) is 10.9 Å². The van der Waals surface area contributed by atoms with Gasteiger partial charge in [-0.3, -0.25) is 4.79 Å². The van der Waals surface area contributed by atoms with Crippen LogP contribution in [-0.2, 0) is 0 Å². The minimum Gasteiger partial charge on any atom is -0.320 e. The lowest BCUT2D eigenvalue weighted by Gasteiger charge is -2.08. The van der Waals surface area contributed by atoms with Crippen molar-refractivity contribution in [2.24, 2.45) is 0 Å². The second-order valence-corrected chi connectivity index (χ2v) is 5.70. The number of halogens is 2. The van der Waals surface area contributed by atoms with Crippen molar-refractivity contribution in [3.63, 3.8) is 0 Å². The fraction of sp³-hybridized carbons (Fsp3) is 0. The van der Waals surface area contributed by atoms with Crippen molar-refractivity contribution in [2.45, 2.75) is 0 Å². The zero-order valence-electron chi connectivity index (χ0n) is 10.8. The van der Waals surface area contributed by atoms with Crippen molar-refractivity contribution < 1.29 is 4.79 Å². The number of benzene rings is 2. The molecule has 3 rings (SSSR count). The molecule has 5 heteroatoms. The van der Waals surface area contributed by atoms with Gasteiger partial charge in [-0.05, 0) is 40.2 Å². The fourth-order valence-electron chi connectivity index (χ4n) is 2.00. The Bertz CT molecular complexity index is 835. The van der Waals surface area contributed by atoms with Crippen molar-refractivity contribution in [3.05, 3.63) is 69.8 Å². The number of amides is 1. The van der Waals surface area contributed by atoms with Crippen LogP contribution in [0.15, 0.2) is 59.1 Å². The molecular formula is C16H10BrClN2O. The molecule has 0 bridgehead atoms. The Kier molecular flexibility index (Phi) is 3.90. The van der Waals surface area contributed by atoms with Gasteiger partial charge in [-0.15, -0.1) is 0 Å². The highest BCUT2D eigenvalue weighted by Gasteiger charge is 2.12. The first-order chi connectivity index (χ1) is 10.1. The summed E-state index contributed by atoms with van der Waals surface area (Å²) in [4.78, 5) is 16.7. The number of carbonyl (C=O) groups is 1. The van der Waals surface area contributed by atoms with Gasteiger partial charge in [0.1, 0.15) is 5.69 Å². The third kappa shape index (κ3) is 2.91. The van der Waals surface area contributed by atoms with E-state index in [0.717, 1.165) is 9.86 Å². The molecule has 21 heavy (non-hydrogen) atoms. The van der Waals surface area contributed by atoms with E-state index in [-0.39, 0.29) is 11.6 Å². The Labute approximate surface area is 135 Å². The Morgan fingerprint density at radius 3 is 2.62 bits per heavy atom. The summed E-state index contributed by atoms with van der Waals surface area (Å²) in [6.45, 7) is 0. The smallest absolute Gasteiger partial charge is 0.274 e. The van der Waals surface area contributed by atoms with Gasteiger partial charge in [-0.25, -0.2) is 4.98 Å². The molecule has 0 aliphatic rings. The van der Waals surface area contributed by atoms with Crippen molar-refractivity contribution in [3.8, 4) is 0 Å². The highest BCUT2D eigenvalue weighted by atomic mass is 79.9. The molecule has 1 amide bonds. The normalized spacial score (nSPS) is 10.6. The number of nitrogens with one attached hydrogen (secondary N) is 1. The monoisotopic (exact) mass is 360 g/mol. The number of hydrogen-bond donors (Lipinski definition) is 1. The third-order valence-corrected chi connectivity index (χ3v) is 4.02. The molecule has 0 spiro atoms. The molecule has 0 atom stereocenters. The lowest BCUT2D eigenvalue weighted by molar-refractivity contribution is 0.102. The minimum atomic E-state index is -0.297. The van der Waals surface area contributed by atoms with Crippen LogP contribution < -0.4 is 5.32 Å². The van der Waals surface area contributed by atoms with E-state index in [2.05, 4.69) is 26.2 Å². The van der Waals surface area contributed by atoms with E-state index in [4.69, 9.17) is 11.6 Å². The topological polar surface area (TPSA) is 42.0 Å². The summed E-state index contributed by atoms with van der Waals surface area (Å²) in [6, 6.07) is 16.4. The van der Waals surface area contributed by atoms with E-state index >= 15 is 0 Å². The van der Waals surface area contributed by atoms with Crippen LogP contribution in [0.4, 0.5) is 5.69 Å².